The van der Waals surface area contributed by atoms with E-state index >= 15 is 0 Å². The molecule has 2 aliphatic carbocycles. The van der Waals surface area contributed by atoms with E-state index in [0.29, 0.717) is 29.1 Å². The summed E-state index contributed by atoms with van der Waals surface area (Å²) in [6.07, 6.45) is 3.29. The summed E-state index contributed by atoms with van der Waals surface area (Å²) in [4.78, 5) is 33.3. The van der Waals surface area contributed by atoms with Crippen molar-refractivity contribution in [3.8, 4) is 0 Å². The maximum absolute atomic E-state index is 14.5. The fraction of sp³-hybridized carbons (Fsp3) is 0.429. The third kappa shape index (κ3) is 3.29. The Kier molecular flexibility index (Phi) is 4.53. The van der Waals surface area contributed by atoms with Crippen LogP contribution in [0, 0.1) is 29.5 Å². The van der Waals surface area contributed by atoms with Crippen LogP contribution in [0.5, 0.6) is 0 Å². The van der Waals surface area contributed by atoms with Gasteiger partial charge in [0.05, 0.1) is 17.6 Å². The normalized spacial score (nSPS) is 30.5. The third-order valence-corrected chi connectivity index (χ3v) is 7.95. The van der Waals surface area contributed by atoms with Gasteiger partial charge in [-0.25, -0.2) is 14.4 Å². The highest BCUT2D eigenvalue weighted by Gasteiger charge is 2.54. The maximum atomic E-state index is 14.5. The lowest BCUT2D eigenvalue weighted by molar-refractivity contribution is -0.125. The number of halogens is 1. The van der Waals surface area contributed by atoms with E-state index in [2.05, 4.69) is 15.3 Å². The highest BCUT2D eigenvalue weighted by Crippen LogP contribution is 2.56. The molecule has 2 saturated carbocycles. The van der Waals surface area contributed by atoms with E-state index in [9.17, 15) is 14.0 Å². The Hall–Kier alpha value is -2.48. The number of nitrogens with one attached hydrogen (secondary N) is 1. The van der Waals surface area contributed by atoms with Crippen LogP contribution in [0.4, 0.5) is 16.0 Å². The molecule has 3 N–H and O–H groups in total. The van der Waals surface area contributed by atoms with Crippen molar-refractivity contribution < 1.29 is 14.0 Å². The molecule has 5 atom stereocenters. The number of amides is 1. The van der Waals surface area contributed by atoms with Gasteiger partial charge in [0.15, 0.2) is 11.6 Å². The molecule has 1 aromatic heterocycles. The van der Waals surface area contributed by atoms with Crippen molar-refractivity contribution in [2.45, 2.75) is 24.5 Å². The van der Waals surface area contributed by atoms with Gasteiger partial charge in [0, 0.05) is 22.4 Å². The van der Waals surface area contributed by atoms with Gasteiger partial charge in [-0.1, -0.05) is 12.1 Å². The molecule has 0 spiro atoms. The predicted octanol–water partition coefficient (Wildman–Crippen LogP) is 2.96. The highest BCUT2D eigenvalue weighted by atomic mass is 32.2. The number of nitrogens with zero attached hydrogens (tertiary/aromatic N) is 2. The first-order valence-corrected chi connectivity index (χ1v) is 10.9. The zero-order valence-electron chi connectivity index (χ0n) is 15.7. The van der Waals surface area contributed by atoms with Crippen LogP contribution in [-0.2, 0) is 11.2 Å². The van der Waals surface area contributed by atoms with Crippen LogP contribution >= 0.6 is 11.8 Å². The second-order valence-electron chi connectivity index (χ2n) is 8.16. The van der Waals surface area contributed by atoms with E-state index in [1.54, 1.807) is 23.9 Å². The average molecular weight is 412 g/mol. The number of Topliss-reactive ketones (excluding diaryl/α,β-unsaturated/α-hetero) is 1. The number of hydrogen-bond donors (Lipinski definition) is 2. The number of hydrogen-bond acceptors (Lipinski definition) is 6. The molecule has 5 rings (SSSR count). The van der Waals surface area contributed by atoms with E-state index in [1.165, 1.54) is 0 Å². The Morgan fingerprint density at radius 3 is 2.97 bits per heavy atom. The largest absolute Gasteiger partial charge is 0.369 e. The molecular weight excluding hydrogens is 391 g/mol. The summed E-state index contributed by atoms with van der Waals surface area (Å²) in [6.45, 7) is 0. The number of carbonyl (C=O) groups is 2. The zero-order chi connectivity index (χ0) is 20.1. The molecule has 8 heteroatoms. The molecule has 1 amide bonds. The molecule has 150 valence electrons. The van der Waals surface area contributed by atoms with E-state index in [1.807, 2.05) is 12.1 Å². The number of rotatable bonds is 1. The lowest BCUT2D eigenvalue weighted by Crippen LogP contribution is -2.39. The van der Waals surface area contributed by atoms with Crippen LogP contribution in [0.3, 0.4) is 0 Å². The number of aromatic nitrogens is 2. The quantitative estimate of drug-likeness (QED) is 0.747. The molecule has 3 aliphatic rings. The maximum Gasteiger partial charge on any atom is 0.227 e. The van der Waals surface area contributed by atoms with Crippen LogP contribution in [-0.4, -0.2) is 32.7 Å². The second-order valence-corrected chi connectivity index (χ2v) is 9.39. The molecule has 1 aliphatic heterocycles. The number of benzene rings is 1. The minimum atomic E-state index is -0.471. The van der Waals surface area contributed by atoms with Gasteiger partial charge in [0.25, 0.3) is 0 Å². The smallest absolute Gasteiger partial charge is 0.227 e. The average Bonchev–Trinajstić information content (AvgIpc) is 3.26. The molecule has 1 aromatic carbocycles. The summed E-state index contributed by atoms with van der Waals surface area (Å²) in [6, 6.07) is 7.19. The molecule has 6 bridgehead atoms. The number of fused-ring (bicyclic) bond motifs is 5. The summed E-state index contributed by atoms with van der Waals surface area (Å²) in [5.74, 6) is 0.0595. The Morgan fingerprint density at radius 1 is 1.28 bits per heavy atom. The Labute approximate surface area is 171 Å². The van der Waals surface area contributed by atoms with Crippen molar-refractivity contribution in [1.29, 1.82) is 0 Å². The molecular formula is C21H21FN4O2S. The summed E-state index contributed by atoms with van der Waals surface area (Å²) in [5, 5.41) is 3.33. The minimum absolute atomic E-state index is 0.0585. The monoisotopic (exact) mass is 412 g/mol. The van der Waals surface area contributed by atoms with Gasteiger partial charge in [-0.15, -0.1) is 11.8 Å². The number of carbonyl (C=O) groups excluding carboxylic acids is 2. The topological polar surface area (TPSA) is 98.0 Å². The third-order valence-electron chi connectivity index (χ3n) is 6.55. The first-order valence-electron chi connectivity index (χ1n) is 9.82. The standard InChI is InChI=1S/C21H21FN4O2S/c22-15-8-24-21-25-12-3-1-2-10(4-12)17(27)9-29-18-6-11-5-13(18)14(7-16(15)26-21)19(11)20(23)28/h1-4,8,11,13-14,18-19H,5-7,9H2,(H2,23,28)(H,24,25,26)/t11-,13+,14-,18-,19+/m1/s1. The Balaban J connectivity index is 1.56. The van der Waals surface area contributed by atoms with Crippen LogP contribution in [0.25, 0.3) is 0 Å². The van der Waals surface area contributed by atoms with E-state index < -0.39 is 5.82 Å². The van der Waals surface area contributed by atoms with Crippen molar-refractivity contribution in [1.82, 2.24) is 9.97 Å². The zero-order valence-corrected chi connectivity index (χ0v) is 16.5. The second kappa shape index (κ2) is 7.09. The van der Waals surface area contributed by atoms with Crippen LogP contribution < -0.4 is 11.1 Å². The van der Waals surface area contributed by atoms with Crippen molar-refractivity contribution >= 4 is 35.1 Å². The van der Waals surface area contributed by atoms with Gasteiger partial charge in [0.1, 0.15) is 0 Å². The van der Waals surface area contributed by atoms with E-state index in [0.717, 1.165) is 19.0 Å². The lowest BCUT2D eigenvalue weighted by Gasteiger charge is -2.34. The highest BCUT2D eigenvalue weighted by molar-refractivity contribution is 8.00. The number of nitrogens with two attached hydrogens (primary N) is 1. The molecule has 29 heavy (non-hydrogen) atoms. The van der Waals surface area contributed by atoms with Crippen molar-refractivity contribution in [2.24, 2.45) is 29.4 Å². The van der Waals surface area contributed by atoms with E-state index in [-0.39, 0.29) is 46.6 Å². The molecule has 0 saturated heterocycles. The van der Waals surface area contributed by atoms with Crippen LogP contribution in [0.1, 0.15) is 28.9 Å². The van der Waals surface area contributed by atoms with Crippen LogP contribution in [0.15, 0.2) is 30.5 Å². The molecule has 0 unspecified atom stereocenters. The van der Waals surface area contributed by atoms with Gasteiger partial charge in [0.2, 0.25) is 11.9 Å². The van der Waals surface area contributed by atoms with Crippen LogP contribution in [0.2, 0.25) is 0 Å². The summed E-state index contributed by atoms with van der Waals surface area (Å²) >= 11 is 1.66. The minimum Gasteiger partial charge on any atom is -0.369 e. The van der Waals surface area contributed by atoms with E-state index in [4.69, 9.17) is 5.73 Å². The fourth-order valence-electron chi connectivity index (χ4n) is 5.34. The SMILES string of the molecule is NC(=O)[C@H]1[C@@H]2C[C@H]3[C@H]1Cc1nc(ncc1F)Nc1cccc(c1)C(=O)CS[C@@H]3C2. The van der Waals surface area contributed by atoms with Crippen molar-refractivity contribution in [2.75, 3.05) is 11.1 Å². The van der Waals surface area contributed by atoms with Crippen molar-refractivity contribution in [3.63, 3.8) is 0 Å². The fourth-order valence-corrected chi connectivity index (χ4v) is 6.81. The van der Waals surface area contributed by atoms with Gasteiger partial charge < -0.3 is 11.1 Å². The molecule has 6 nitrogen and oxygen atoms in total. The van der Waals surface area contributed by atoms with Gasteiger partial charge in [-0.05, 0) is 49.1 Å². The first kappa shape index (κ1) is 18.5. The Morgan fingerprint density at radius 2 is 2.14 bits per heavy atom. The molecule has 2 fully saturated rings. The van der Waals surface area contributed by atoms with Gasteiger partial charge >= 0.3 is 0 Å². The van der Waals surface area contributed by atoms with Gasteiger partial charge in [-0.3, -0.25) is 9.59 Å². The predicted molar refractivity (Wildman–Crippen MR) is 108 cm³/mol. The first-order chi connectivity index (χ1) is 14.0. The number of anilines is 2. The summed E-state index contributed by atoms with van der Waals surface area (Å²) < 4.78 is 14.5. The number of ketones is 1. The van der Waals surface area contributed by atoms with Gasteiger partial charge in [-0.2, -0.15) is 0 Å². The lowest BCUT2D eigenvalue weighted by atomic mass is 9.76. The molecule has 2 heterocycles. The molecule has 0 radical (unpaired) electrons. The van der Waals surface area contributed by atoms with Crippen molar-refractivity contribution in [3.05, 3.63) is 47.5 Å². The Bertz CT molecular complexity index is 1000. The number of thioether (sulfide) groups is 1. The molecule has 2 aromatic rings. The summed E-state index contributed by atoms with van der Waals surface area (Å²) in [5.41, 5.74) is 7.32. The summed E-state index contributed by atoms with van der Waals surface area (Å²) in [7, 11) is 0. The number of primary amides is 1.